The van der Waals surface area contributed by atoms with Crippen molar-refractivity contribution in [2.75, 3.05) is 20.7 Å². The summed E-state index contributed by atoms with van der Waals surface area (Å²) in [4.78, 5) is 24.4. The van der Waals surface area contributed by atoms with Crippen LogP contribution in [0.15, 0.2) is 12.3 Å². The molecule has 1 fully saturated rings. The van der Waals surface area contributed by atoms with Crippen LogP contribution in [-0.4, -0.2) is 43.5 Å². The van der Waals surface area contributed by atoms with E-state index in [0.29, 0.717) is 0 Å². The van der Waals surface area contributed by atoms with Crippen molar-refractivity contribution in [1.29, 1.82) is 0 Å². The Morgan fingerprint density at radius 3 is 2.81 bits per heavy atom. The zero-order chi connectivity index (χ0) is 12.0. The molecule has 5 nitrogen and oxygen atoms in total. The number of piperidine rings is 1. The van der Waals surface area contributed by atoms with Crippen LogP contribution in [0.2, 0.25) is 0 Å². The minimum Gasteiger partial charge on any atom is -0.466 e. The number of ether oxygens (including phenoxy) is 1. The molecule has 16 heavy (non-hydrogen) atoms. The van der Waals surface area contributed by atoms with E-state index in [4.69, 9.17) is 0 Å². The third-order valence-electron chi connectivity index (χ3n) is 2.70. The first-order valence-corrected chi connectivity index (χ1v) is 5.42. The van der Waals surface area contributed by atoms with Gasteiger partial charge in [0.1, 0.15) is 6.04 Å². The number of hydrogen-bond donors (Lipinski definition) is 1. The molecule has 90 valence electrons. The van der Waals surface area contributed by atoms with Crippen LogP contribution >= 0.6 is 0 Å². The Bertz CT molecular complexity index is 289. The molecule has 1 unspecified atom stereocenters. The van der Waals surface area contributed by atoms with Gasteiger partial charge < -0.3 is 15.0 Å². The Hall–Kier alpha value is -1.52. The molecule has 1 saturated heterocycles. The molecule has 0 bridgehead atoms. The summed E-state index contributed by atoms with van der Waals surface area (Å²) in [7, 11) is 2.96. The molecule has 0 aromatic heterocycles. The molecule has 1 aliphatic rings. The molecule has 0 saturated carbocycles. The standard InChI is InChI=1S/C11H18N2O3/c1-12-11(15)9-5-3-4-7-13(9)8-6-10(14)16-2/h6,8-9H,3-5,7H2,1-2H3,(H,12,15). The van der Waals surface area contributed by atoms with Crippen molar-refractivity contribution in [2.24, 2.45) is 0 Å². The smallest absolute Gasteiger partial charge is 0.331 e. The Morgan fingerprint density at radius 1 is 1.44 bits per heavy atom. The largest absolute Gasteiger partial charge is 0.466 e. The van der Waals surface area contributed by atoms with E-state index in [1.54, 1.807) is 13.2 Å². The summed E-state index contributed by atoms with van der Waals surface area (Å²) in [5, 5.41) is 2.64. The molecular weight excluding hydrogens is 208 g/mol. The number of methoxy groups -OCH3 is 1. The van der Waals surface area contributed by atoms with Crippen molar-refractivity contribution in [3.63, 3.8) is 0 Å². The SMILES string of the molecule is CNC(=O)C1CCCCN1C=CC(=O)OC. The van der Waals surface area contributed by atoms with Crippen molar-refractivity contribution in [2.45, 2.75) is 25.3 Å². The second-order valence-electron chi connectivity index (χ2n) is 3.70. The highest BCUT2D eigenvalue weighted by Crippen LogP contribution is 2.17. The van der Waals surface area contributed by atoms with Gasteiger partial charge in [0.05, 0.1) is 7.11 Å². The summed E-state index contributed by atoms with van der Waals surface area (Å²) < 4.78 is 4.51. The maximum absolute atomic E-state index is 11.6. The van der Waals surface area contributed by atoms with Gasteiger partial charge in [0.25, 0.3) is 0 Å². The number of rotatable bonds is 3. The van der Waals surface area contributed by atoms with Gasteiger partial charge in [0.15, 0.2) is 0 Å². The number of amides is 1. The summed E-state index contributed by atoms with van der Waals surface area (Å²) in [6.45, 7) is 0.797. The molecule has 1 aliphatic heterocycles. The lowest BCUT2D eigenvalue weighted by molar-refractivity contribution is -0.135. The van der Waals surface area contributed by atoms with Crippen LogP contribution in [0, 0.1) is 0 Å². The maximum Gasteiger partial charge on any atom is 0.331 e. The first kappa shape index (κ1) is 12.5. The highest BCUT2D eigenvalue weighted by atomic mass is 16.5. The van der Waals surface area contributed by atoms with Gasteiger partial charge in [-0.3, -0.25) is 4.79 Å². The van der Waals surface area contributed by atoms with E-state index in [1.807, 2.05) is 4.90 Å². The maximum atomic E-state index is 11.6. The van der Waals surface area contributed by atoms with E-state index in [2.05, 4.69) is 10.1 Å². The third-order valence-corrected chi connectivity index (χ3v) is 2.70. The number of nitrogens with one attached hydrogen (secondary N) is 1. The lowest BCUT2D eigenvalue weighted by atomic mass is 10.0. The minimum absolute atomic E-state index is 0.00536. The summed E-state index contributed by atoms with van der Waals surface area (Å²) in [6.07, 6.45) is 5.90. The van der Waals surface area contributed by atoms with Crippen LogP contribution in [0.1, 0.15) is 19.3 Å². The predicted octanol–water partition coefficient (Wildman–Crippen LogP) is 0.274. The van der Waals surface area contributed by atoms with Gasteiger partial charge in [-0.2, -0.15) is 0 Å². The number of carbonyl (C=O) groups is 2. The molecule has 1 amide bonds. The van der Waals surface area contributed by atoms with Crippen LogP contribution in [0.4, 0.5) is 0 Å². The number of likely N-dealkylation sites (N-methyl/N-ethyl adjacent to an activating group) is 1. The minimum atomic E-state index is -0.402. The van der Waals surface area contributed by atoms with E-state index >= 15 is 0 Å². The van der Waals surface area contributed by atoms with E-state index in [-0.39, 0.29) is 11.9 Å². The zero-order valence-corrected chi connectivity index (χ0v) is 9.73. The summed E-state index contributed by atoms with van der Waals surface area (Å²) in [5.74, 6) is -0.407. The van der Waals surface area contributed by atoms with Crippen molar-refractivity contribution in [3.8, 4) is 0 Å². The molecule has 1 atom stereocenters. The van der Waals surface area contributed by atoms with Crippen LogP contribution in [0.5, 0.6) is 0 Å². The summed E-state index contributed by atoms with van der Waals surface area (Å²) in [5.41, 5.74) is 0. The molecule has 1 rings (SSSR count). The normalized spacial score (nSPS) is 20.9. The second-order valence-corrected chi connectivity index (χ2v) is 3.70. The number of hydrogen-bond acceptors (Lipinski definition) is 4. The highest BCUT2D eigenvalue weighted by Gasteiger charge is 2.25. The Morgan fingerprint density at radius 2 is 2.19 bits per heavy atom. The average molecular weight is 226 g/mol. The first-order chi connectivity index (χ1) is 7.69. The fourth-order valence-corrected chi connectivity index (χ4v) is 1.81. The summed E-state index contributed by atoms with van der Waals surface area (Å²) >= 11 is 0. The number of likely N-dealkylation sites (tertiary alicyclic amines) is 1. The zero-order valence-electron chi connectivity index (χ0n) is 9.73. The van der Waals surface area contributed by atoms with E-state index in [9.17, 15) is 9.59 Å². The predicted molar refractivity (Wildman–Crippen MR) is 59.6 cm³/mol. The quantitative estimate of drug-likeness (QED) is 0.554. The molecule has 1 heterocycles. The molecule has 0 radical (unpaired) electrons. The van der Waals surface area contributed by atoms with Crippen LogP contribution in [-0.2, 0) is 14.3 Å². The van der Waals surface area contributed by atoms with Crippen LogP contribution in [0.3, 0.4) is 0 Å². The van der Waals surface area contributed by atoms with Gasteiger partial charge in [-0.15, -0.1) is 0 Å². The molecule has 0 spiro atoms. The Kier molecular flexibility index (Phi) is 4.82. The number of carbonyl (C=O) groups excluding carboxylic acids is 2. The molecule has 5 heteroatoms. The van der Waals surface area contributed by atoms with Crippen molar-refractivity contribution in [3.05, 3.63) is 12.3 Å². The van der Waals surface area contributed by atoms with Crippen molar-refractivity contribution < 1.29 is 14.3 Å². The van der Waals surface area contributed by atoms with Gasteiger partial charge in [-0.1, -0.05) is 0 Å². The molecule has 0 aromatic rings. The lowest BCUT2D eigenvalue weighted by Gasteiger charge is -2.33. The topological polar surface area (TPSA) is 58.6 Å². The van der Waals surface area contributed by atoms with Crippen LogP contribution in [0.25, 0.3) is 0 Å². The van der Waals surface area contributed by atoms with Crippen molar-refractivity contribution >= 4 is 11.9 Å². The highest BCUT2D eigenvalue weighted by molar-refractivity contribution is 5.83. The third kappa shape index (κ3) is 3.25. The Balaban J connectivity index is 2.63. The second kappa shape index (κ2) is 6.15. The lowest BCUT2D eigenvalue weighted by Crippen LogP contribution is -2.46. The Labute approximate surface area is 95.4 Å². The monoisotopic (exact) mass is 226 g/mol. The molecule has 1 N–H and O–H groups in total. The van der Waals surface area contributed by atoms with E-state index in [1.165, 1.54) is 13.2 Å². The van der Waals surface area contributed by atoms with Crippen LogP contribution < -0.4 is 5.32 Å². The van der Waals surface area contributed by atoms with E-state index in [0.717, 1.165) is 25.8 Å². The molecule has 0 aliphatic carbocycles. The van der Waals surface area contributed by atoms with Gasteiger partial charge in [-0.25, -0.2) is 4.79 Å². The number of esters is 1. The van der Waals surface area contributed by atoms with Gasteiger partial charge >= 0.3 is 5.97 Å². The number of nitrogens with zero attached hydrogens (tertiary/aromatic N) is 1. The molecule has 0 aromatic carbocycles. The fourth-order valence-electron chi connectivity index (χ4n) is 1.81. The fraction of sp³-hybridized carbons (Fsp3) is 0.636. The van der Waals surface area contributed by atoms with Gasteiger partial charge in [-0.05, 0) is 19.3 Å². The van der Waals surface area contributed by atoms with E-state index < -0.39 is 5.97 Å². The van der Waals surface area contributed by atoms with Gasteiger partial charge in [0.2, 0.25) is 5.91 Å². The summed E-state index contributed by atoms with van der Waals surface area (Å²) in [6, 6.07) is -0.167. The average Bonchev–Trinajstić information content (AvgIpc) is 2.35. The van der Waals surface area contributed by atoms with Crippen molar-refractivity contribution in [1.82, 2.24) is 10.2 Å². The first-order valence-electron chi connectivity index (χ1n) is 5.42. The van der Waals surface area contributed by atoms with Gasteiger partial charge in [0, 0.05) is 25.9 Å². The molecular formula is C11H18N2O3.